The number of hydrogen-bond acceptors (Lipinski definition) is 4. The molecule has 0 spiro atoms. The second-order valence-electron chi connectivity index (χ2n) is 4.29. The number of para-hydroxylation sites is 2. The Kier molecular flexibility index (Phi) is 2.47. The number of rotatable bonds is 2. The minimum Gasteiger partial charge on any atom is -0.361 e. The molecule has 2 aromatic rings. The third kappa shape index (κ3) is 1.71. The van der Waals surface area contributed by atoms with Crippen LogP contribution in [0.1, 0.15) is 11.3 Å². The number of aromatic amines is 1. The first-order chi connectivity index (χ1) is 8.75. The predicted molar refractivity (Wildman–Crippen MR) is 66.4 cm³/mol. The van der Waals surface area contributed by atoms with Crippen molar-refractivity contribution in [2.24, 2.45) is 0 Å². The Balaban J connectivity index is 1.95. The van der Waals surface area contributed by atoms with E-state index in [0.29, 0.717) is 12.2 Å². The highest BCUT2D eigenvalue weighted by atomic mass is 16.6. The zero-order valence-corrected chi connectivity index (χ0v) is 9.67. The molecule has 0 unspecified atom stereocenters. The van der Waals surface area contributed by atoms with Crippen molar-refractivity contribution in [2.75, 3.05) is 11.4 Å². The monoisotopic (exact) mass is 244 g/mol. The molecular weight excluding hydrogens is 232 g/mol. The van der Waals surface area contributed by atoms with Crippen molar-refractivity contribution in [3.8, 4) is 0 Å². The fraction of sp³-hybridized carbons (Fsp3) is 0.250. The van der Waals surface area contributed by atoms with E-state index in [-0.39, 0.29) is 10.6 Å². The number of aromatic nitrogens is 2. The van der Waals surface area contributed by atoms with Crippen molar-refractivity contribution in [3.63, 3.8) is 0 Å². The maximum atomic E-state index is 11.0. The third-order valence-electron chi connectivity index (χ3n) is 3.22. The number of anilines is 1. The number of hydrogen-bond donors (Lipinski definition) is 1. The molecule has 0 aliphatic carbocycles. The Hall–Kier alpha value is -2.37. The number of nitro benzene ring substituents is 1. The lowest BCUT2D eigenvalue weighted by Crippen LogP contribution is -2.30. The van der Waals surface area contributed by atoms with Crippen LogP contribution in [0.15, 0.2) is 30.5 Å². The molecule has 6 heteroatoms. The summed E-state index contributed by atoms with van der Waals surface area (Å²) in [6, 6.07) is 6.85. The fourth-order valence-corrected chi connectivity index (χ4v) is 2.31. The van der Waals surface area contributed by atoms with E-state index in [4.69, 9.17) is 0 Å². The lowest BCUT2D eigenvalue weighted by Gasteiger charge is -2.28. The van der Waals surface area contributed by atoms with E-state index in [1.807, 2.05) is 11.0 Å². The molecule has 0 saturated carbocycles. The number of H-pyrrole nitrogens is 1. The van der Waals surface area contributed by atoms with Gasteiger partial charge in [-0.05, 0) is 6.07 Å². The highest BCUT2D eigenvalue weighted by molar-refractivity contribution is 5.63. The summed E-state index contributed by atoms with van der Waals surface area (Å²) >= 11 is 0. The van der Waals surface area contributed by atoms with Gasteiger partial charge in [-0.2, -0.15) is 5.10 Å². The fourth-order valence-electron chi connectivity index (χ4n) is 2.31. The molecule has 0 atom stereocenters. The largest absolute Gasteiger partial charge is 0.361 e. The molecule has 6 nitrogen and oxygen atoms in total. The third-order valence-corrected chi connectivity index (χ3v) is 3.22. The molecular formula is C12H12N4O2. The van der Waals surface area contributed by atoms with Crippen LogP contribution in [-0.4, -0.2) is 21.7 Å². The zero-order chi connectivity index (χ0) is 12.5. The van der Waals surface area contributed by atoms with Gasteiger partial charge >= 0.3 is 0 Å². The smallest absolute Gasteiger partial charge is 0.292 e. The molecule has 0 fully saturated rings. The molecule has 0 bridgehead atoms. The van der Waals surface area contributed by atoms with Gasteiger partial charge in [0.25, 0.3) is 5.69 Å². The Labute approximate surface area is 103 Å². The number of nitrogens with zero attached hydrogens (tertiary/aromatic N) is 3. The summed E-state index contributed by atoms with van der Waals surface area (Å²) < 4.78 is 0. The first kappa shape index (κ1) is 10.8. The SMILES string of the molecule is O=[N+]([O-])c1ccccc1N1CCc2[nH]ncc2C1. The van der Waals surface area contributed by atoms with Gasteiger partial charge in [0.1, 0.15) is 5.69 Å². The topological polar surface area (TPSA) is 75.1 Å². The van der Waals surface area contributed by atoms with Crippen LogP contribution in [0, 0.1) is 10.1 Å². The molecule has 0 amide bonds. The molecule has 1 N–H and O–H groups in total. The maximum Gasteiger partial charge on any atom is 0.292 e. The van der Waals surface area contributed by atoms with E-state index < -0.39 is 0 Å². The van der Waals surface area contributed by atoms with E-state index in [1.54, 1.807) is 24.4 Å². The van der Waals surface area contributed by atoms with Crippen molar-refractivity contribution in [2.45, 2.75) is 13.0 Å². The number of fused-ring (bicyclic) bond motifs is 1. The van der Waals surface area contributed by atoms with Crippen molar-refractivity contribution in [1.29, 1.82) is 0 Å². The summed E-state index contributed by atoms with van der Waals surface area (Å²) in [6.45, 7) is 1.43. The van der Waals surface area contributed by atoms with Crippen molar-refractivity contribution < 1.29 is 4.92 Å². The summed E-state index contributed by atoms with van der Waals surface area (Å²) in [6.07, 6.45) is 2.62. The van der Waals surface area contributed by atoms with Gasteiger partial charge in [0.2, 0.25) is 0 Å². The average molecular weight is 244 g/mol. The highest BCUT2D eigenvalue weighted by Crippen LogP contribution is 2.31. The minimum absolute atomic E-state index is 0.157. The minimum atomic E-state index is -0.333. The van der Waals surface area contributed by atoms with E-state index in [2.05, 4.69) is 10.2 Å². The Morgan fingerprint density at radius 3 is 3.06 bits per heavy atom. The maximum absolute atomic E-state index is 11.0. The summed E-state index contributed by atoms with van der Waals surface area (Å²) in [7, 11) is 0. The van der Waals surface area contributed by atoms with Gasteiger partial charge < -0.3 is 4.90 Å². The van der Waals surface area contributed by atoms with Crippen LogP contribution in [-0.2, 0) is 13.0 Å². The molecule has 0 radical (unpaired) electrons. The Morgan fingerprint density at radius 1 is 1.39 bits per heavy atom. The molecule has 92 valence electrons. The molecule has 18 heavy (non-hydrogen) atoms. The lowest BCUT2D eigenvalue weighted by atomic mass is 10.1. The van der Waals surface area contributed by atoms with Gasteiger partial charge in [0.15, 0.2) is 0 Å². The van der Waals surface area contributed by atoms with Gasteiger partial charge in [-0.1, -0.05) is 12.1 Å². The number of nitro groups is 1. The van der Waals surface area contributed by atoms with Crippen LogP contribution < -0.4 is 4.90 Å². The van der Waals surface area contributed by atoms with E-state index >= 15 is 0 Å². The van der Waals surface area contributed by atoms with Crippen LogP contribution in [0.3, 0.4) is 0 Å². The van der Waals surface area contributed by atoms with Crippen LogP contribution in [0.4, 0.5) is 11.4 Å². The lowest BCUT2D eigenvalue weighted by molar-refractivity contribution is -0.384. The van der Waals surface area contributed by atoms with Gasteiger partial charge in [-0.3, -0.25) is 15.2 Å². The molecule has 1 aliphatic heterocycles. The van der Waals surface area contributed by atoms with E-state index in [9.17, 15) is 10.1 Å². The Bertz CT molecular complexity index is 593. The predicted octanol–water partition coefficient (Wildman–Crippen LogP) is 1.88. The quantitative estimate of drug-likeness (QED) is 0.646. The normalized spacial score (nSPS) is 14.3. The van der Waals surface area contributed by atoms with Gasteiger partial charge in [-0.25, -0.2) is 0 Å². The second-order valence-corrected chi connectivity index (χ2v) is 4.29. The van der Waals surface area contributed by atoms with Crippen molar-refractivity contribution in [3.05, 3.63) is 51.8 Å². The summed E-state index contributed by atoms with van der Waals surface area (Å²) in [5.41, 5.74) is 3.07. The second kappa shape index (κ2) is 4.14. The van der Waals surface area contributed by atoms with Crippen molar-refractivity contribution >= 4 is 11.4 Å². The molecule has 0 saturated heterocycles. The van der Waals surface area contributed by atoms with E-state index in [1.165, 1.54) is 0 Å². The molecule has 1 aromatic carbocycles. The van der Waals surface area contributed by atoms with Gasteiger partial charge in [-0.15, -0.1) is 0 Å². The zero-order valence-electron chi connectivity index (χ0n) is 9.67. The van der Waals surface area contributed by atoms with Gasteiger partial charge in [0, 0.05) is 36.8 Å². The van der Waals surface area contributed by atoms with Crippen LogP contribution in [0.2, 0.25) is 0 Å². The molecule has 1 aliphatic rings. The van der Waals surface area contributed by atoms with Crippen LogP contribution in [0.25, 0.3) is 0 Å². The van der Waals surface area contributed by atoms with E-state index in [0.717, 1.165) is 24.2 Å². The molecule has 3 rings (SSSR count). The number of nitrogens with one attached hydrogen (secondary N) is 1. The molecule has 2 heterocycles. The summed E-state index contributed by atoms with van der Waals surface area (Å²) in [4.78, 5) is 12.7. The van der Waals surface area contributed by atoms with Crippen LogP contribution >= 0.6 is 0 Å². The summed E-state index contributed by atoms with van der Waals surface area (Å²) in [5, 5.41) is 18.0. The average Bonchev–Trinajstić information content (AvgIpc) is 2.85. The molecule has 1 aromatic heterocycles. The Morgan fingerprint density at radius 2 is 2.22 bits per heavy atom. The number of benzene rings is 1. The highest BCUT2D eigenvalue weighted by Gasteiger charge is 2.23. The first-order valence-corrected chi connectivity index (χ1v) is 5.75. The first-order valence-electron chi connectivity index (χ1n) is 5.75. The summed E-state index contributed by atoms with van der Waals surface area (Å²) in [5.74, 6) is 0. The van der Waals surface area contributed by atoms with Crippen LogP contribution in [0.5, 0.6) is 0 Å². The standard InChI is InChI=1S/C12H12N4O2/c17-16(18)12-4-2-1-3-11(12)15-6-5-10-9(8-15)7-13-14-10/h1-4,7H,5-6,8H2,(H,13,14). The van der Waals surface area contributed by atoms with Crippen molar-refractivity contribution in [1.82, 2.24) is 10.2 Å². The van der Waals surface area contributed by atoms with Gasteiger partial charge in [0.05, 0.1) is 11.1 Å².